The third-order valence-electron chi connectivity index (χ3n) is 3.94. The number of hydrogen-bond donors (Lipinski definition) is 2. The molecule has 4 heteroatoms. The second-order valence-electron chi connectivity index (χ2n) is 4.94. The molecule has 3 nitrogen and oxygen atoms in total. The summed E-state index contributed by atoms with van der Waals surface area (Å²) < 4.78 is 1.04. The Morgan fingerprint density at radius 1 is 1.32 bits per heavy atom. The third kappa shape index (κ3) is 3.80. The highest BCUT2D eigenvalue weighted by molar-refractivity contribution is 9.10. The summed E-state index contributed by atoms with van der Waals surface area (Å²) >= 11 is 3.41. The molecular formula is C15H23BrN2O. The van der Waals surface area contributed by atoms with Crippen molar-refractivity contribution in [1.29, 1.82) is 0 Å². The quantitative estimate of drug-likeness (QED) is 0.841. The molecule has 106 valence electrons. The van der Waals surface area contributed by atoms with Gasteiger partial charge in [-0.1, -0.05) is 41.9 Å². The molecule has 0 aromatic heterocycles. The lowest BCUT2D eigenvalue weighted by molar-refractivity contribution is -0.131. The van der Waals surface area contributed by atoms with Gasteiger partial charge in [-0.15, -0.1) is 0 Å². The Hall–Kier alpha value is -0.870. The van der Waals surface area contributed by atoms with Gasteiger partial charge in [-0.2, -0.15) is 0 Å². The van der Waals surface area contributed by atoms with Crippen molar-refractivity contribution in [3.05, 3.63) is 34.3 Å². The Bertz CT molecular complexity index is 404. The maximum atomic E-state index is 12.4. The first-order valence-electron chi connectivity index (χ1n) is 6.75. The van der Waals surface area contributed by atoms with Crippen molar-refractivity contribution in [2.24, 2.45) is 11.1 Å². The number of rotatable bonds is 6. The average Bonchev–Trinajstić information content (AvgIpc) is 2.42. The third-order valence-corrected chi connectivity index (χ3v) is 4.47. The fourth-order valence-electron chi connectivity index (χ4n) is 2.14. The summed E-state index contributed by atoms with van der Waals surface area (Å²) in [7, 11) is 0. The normalized spacial score (nSPS) is 13.1. The first kappa shape index (κ1) is 16.2. The van der Waals surface area contributed by atoms with E-state index in [4.69, 9.17) is 5.73 Å². The molecule has 0 saturated carbocycles. The molecule has 0 fully saturated rings. The molecule has 1 aromatic rings. The molecule has 3 N–H and O–H groups in total. The van der Waals surface area contributed by atoms with E-state index < -0.39 is 5.41 Å². The Kier molecular flexibility index (Phi) is 6.01. The minimum absolute atomic E-state index is 0.00961. The highest BCUT2D eigenvalue weighted by Gasteiger charge is 2.33. The number of nitrogens with two attached hydrogens (primary N) is 1. The van der Waals surface area contributed by atoms with Crippen LogP contribution in [0, 0.1) is 5.41 Å². The van der Waals surface area contributed by atoms with Crippen LogP contribution in [0.2, 0.25) is 0 Å². The summed E-state index contributed by atoms with van der Waals surface area (Å²) in [5.74, 6) is 0.0513. The van der Waals surface area contributed by atoms with E-state index in [-0.39, 0.29) is 11.9 Å². The molecule has 0 aliphatic carbocycles. The van der Waals surface area contributed by atoms with Crippen LogP contribution >= 0.6 is 15.9 Å². The number of amides is 1. The second-order valence-corrected chi connectivity index (χ2v) is 5.85. The summed E-state index contributed by atoms with van der Waals surface area (Å²) in [6, 6.07) is 7.97. The van der Waals surface area contributed by atoms with E-state index in [1.165, 1.54) is 0 Å². The van der Waals surface area contributed by atoms with Gasteiger partial charge in [0.25, 0.3) is 0 Å². The van der Waals surface area contributed by atoms with Gasteiger partial charge in [0.2, 0.25) is 5.91 Å². The van der Waals surface area contributed by atoms with Gasteiger partial charge in [-0.25, -0.2) is 0 Å². The molecule has 0 spiro atoms. The van der Waals surface area contributed by atoms with E-state index in [9.17, 15) is 4.79 Å². The predicted molar refractivity (Wildman–Crippen MR) is 82.8 cm³/mol. The molecule has 1 rings (SSSR count). The zero-order valence-corrected chi connectivity index (χ0v) is 13.5. The summed E-state index contributed by atoms with van der Waals surface area (Å²) in [6.07, 6.45) is 1.53. The van der Waals surface area contributed by atoms with E-state index in [0.717, 1.165) is 22.9 Å². The highest BCUT2D eigenvalue weighted by atomic mass is 79.9. The predicted octanol–water partition coefficient (Wildman–Crippen LogP) is 3.39. The molecule has 0 aliphatic rings. The van der Waals surface area contributed by atoms with Crippen molar-refractivity contribution < 1.29 is 4.79 Å². The van der Waals surface area contributed by atoms with E-state index in [1.807, 2.05) is 45.0 Å². The molecule has 0 radical (unpaired) electrons. The lowest BCUT2D eigenvalue weighted by Gasteiger charge is -2.30. The summed E-state index contributed by atoms with van der Waals surface area (Å²) in [4.78, 5) is 12.4. The van der Waals surface area contributed by atoms with Gasteiger partial charge in [0.05, 0.1) is 11.5 Å². The van der Waals surface area contributed by atoms with E-state index in [2.05, 4.69) is 21.2 Å². The number of hydrogen-bond acceptors (Lipinski definition) is 2. The van der Waals surface area contributed by atoms with Gasteiger partial charge >= 0.3 is 0 Å². The standard InChI is InChI=1S/C15H23BrN2O/c1-4-15(5-2,10-17)14(19)18-11(3)12-6-8-13(16)9-7-12/h6-9,11H,4-5,10,17H2,1-3H3,(H,18,19). The van der Waals surface area contributed by atoms with Crippen molar-refractivity contribution in [2.45, 2.75) is 39.7 Å². The first-order valence-corrected chi connectivity index (χ1v) is 7.55. The van der Waals surface area contributed by atoms with Crippen molar-refractivity contribution in [3.8, 4) is 0 Å². The van der Waals surface area contributed by atoms with E-state index in [0.29, 0.717) is 6.54 Å². The second kappa shape index (κ2) is 7.06. The van der Waals surface area contributed by atoms with Crippen LogP contribution in [0.3, 0.4) is 0 Å². The maximum Gasteiger partial charge on any atom is 0.227 e. The molecule has 0 saturated heterocycles. The summed E-state index contributed by atoms with van der Waals surface area (Å²) in [6.45, 7) is 6.41. The van der Waals surface area contributed by atoms with Crippen molar-refractivity contribution in [2.75, 3.05) is 6.54 Å². The lowest BCUT2D eigenvalue weighted by atomic mass is 9.81. The van der Waals surface area contributed by atoms with Crippen LogP contribution in [0.25, 0.3) is 0 Å². The van der Waals surface area contributed by atoms with Gasteiger partial charge in [0.1, 0.15) is 0 Å². The monoisotopic (exact) mass is 326 g/mol. The van der Waals surface area contributed by atoms with Gasteiger partial charge < -0.3 is 11.1 Å². The molecule has 1 atom stereocenters. The number of carbonyl (C=O) groups is 1. The van der Waals surface area contributed by atoms with Gasteiger partial charge in [0, 0.05) is 11.0 Å². The molecule has 1 amide bonds. The Morgan fingerprint density at radius 2 is 1.84 bits per heavy atom. The van der Waals surface area contributed by atoms with Crippen LogP contribution in [0.1, 0.15) is 45.2 Å². The fourth-order valence-corrected chi connectivity index (χ4v) is 2.40. The summed E-state index contributed by atoms with van der Waals surface area (Å²) in [5, 5.41) is 3.08. The van der Waals surface area contributed by atoms with Crippen molar-refractivity contribution >= 4 is 21.8 Å². The molecule has 19 heavy (non-hydrogen) atoms. The number of nitrogens with one attached hydrogen (secondary N) is 1. The highest BCUT2D eigenvalue weighted by Crippen LogP contribution is 2.26. The largest absolute Gasteiger partial charge is 0.349 e. The van der Waals surface area contributed by atoms with Gasteiger partial charge in [0.15, 0.2) is 0 Å². The summed E-state index contributed by atoms with van der Waals surface area (Å²) in [5.41, 5.74) is 6.45. The number of halogens is 1. The molecule has 0 aliphatic heterocycles. The maximum absolute atomic E-state index is 12.4. The molecule has 1 unspecified atom stereocenters. The van der Waals surface area contributed by atoms with Crippen LogP contribution in [0.4, 0.5) is 0 Å². The minimum Gasteiger partial charge on any atom is -0.349 e. The Balaban J connectivity index is 2.78. The van der Waals surface area contributed by atoms with E-state index in [1.54, 1.807) is 0 Å². The van der Waals surface area contributed by atoms with Gasteiger partial charge in [-0.05, 0) is 37.5 Å². The number of benzene rings is 1. The van der Waals surface area contributed by atoms with Crippen LogP contribution in [0.5, 0.6) is 0 Å². The molecule has 1 aromatic carbocycles. The number of carbonyl (C=O) groups excluding carboxylic acids is 1. The fraction of sp³-hybridized carbons (Fsp3) is 0.533. The van der Waals surface area contributed by atoms with Crippen molar-refractivity contribution in [3.63, 3.8) is 0 Å². The average molecular weight is 327 g/mol. The van der Waals surface area contributed by atoms with Crippen LogP contribution in [0.15, 0.2) is 28.7 Å². The SMILES string of the molecule is CCC(CC)(CN)C(=O)NC(C)c1ccc(Br)cc1. The first-order chi connectivity index (χ1) is 8.99. The molecule has 0 bridgehead atoms. The Morgan fingerprint density at radius 3 is 2.26 bits per heavy atom. The molecular weight excluding hydrogens is 304 g/mol. The topological polar surface area (TPSA) is 55.1 Å². The smallest absolute Gasteiger partial charge is 0.227 e. The Labute approximate surface area is 124 Å². The van der Waals surface area contributed by atoms with E-state index >= 15 is 0 Å². The minimum atomic E-state index is -0.441. The van der Waals surface area contributed by atoms with Crippen LogP contribution < -0.4 is 11.1 Å². The molecule has 0 heterocycles. The van der Waals surface area contributed by atoms with Crippen molar-refractivity contribution in [1.82, 2.24) is 5.32 Å². The van der Waals surface area contributed by atoms with Crippen LogP contribution in [-0.4, -0.2) is 12.5 Å². The lowest BCUT2D eigenvalue weighted by Crippen LogP contribution is -2.46. The zero-order valence-electron chi connectivity index (χ0n) is 11.9. The zero-order chi connectivity index (χ0) is 14.5. The van der Waals surface area contributed by atoms with Gasteiger partial charge in [-0.3, -0.25) is 4.79 Å². The van der Waals surface area contributed by atoms with Crippen LogP contribution in [-0.2, 0) is 4.79 Å².